The van der Waals surface area contributed by atoms with Crippen LogP contribution in [-0.4, -0.2) is 0 Å². The van der Waals surface area contributed by atoms with Gasteiger partial charge in [0.2, 0.25) is 0 Å². The summed E-state index contributed by atoms with van der Waals surface area (Å²) in [4.78, 5) is 0. The highest BCUT2D eigenvalue weighted by atomic mass is 14.9. The molecule has 1 aliphatic rings. The van der Waals surface area contributed by atoms with Crippen LogP contribution in [0.25, 0.3) is 6.08 Å². The van der Waals surface area contributed by atoms with Crippen LogP contribution in [0.2, 0.25) is 0 Å². The van der Waals surface area contributed by atoms with Gasteiger partial charge in [-0.2, -0.15) is 0 Å². The molecule has 0 aromatic heterocycles. The molecule has 1 heterocycles. The lowest BCUT2D eigenvalue weighted by molar-refractivity contribution is 0.507. The van der Waals surface area contributed by atoms with Crippen LogP contribution in [0.15, 0.2) is 30.0 Å². The second-order valence-corrected chi connectivity index (χ2v) is 5.24. The summed E-state index contributed by atoms with van der Waals surface area (Å²) >= 11 is 0. The van der Waals surface area contributed by atoms with Gasteiger partial charge in [-0.25, -0.2) is 0 Å². The Hall–Kier alpha value is -1.24. The number of nitrogens with one attached hydrogen (secondary N) is 1. The fraction of sp³-hybridized carbons (Fsp3) is 0.529. The van der Waals surface area contributed by atoms with Crippen molar-refractivity contribution in [3.63, 3.8) is 0 Å². The maximum Gasteiger partial charge on any atom is 0.0516 e. The Labute approximate surface area is 111 Å². The minimum atomic E-state index is 0.526. The zero-order chi connectivity index (χ0) is 12.8. The summed E-state index contributed by atoms with van der Waals surface area (Å²) < 4.78 is 0. The molecule has 1 unspecified atom stereocenters. The SMILES string of the molecule is CCCCC1=Cc2ccccc2C(CCCC)N1. The van der Waals surface area contributed by atoms with Gasteiger partial charge in [0.05, 0.1) is 6.04 Å². The molecule has 0 fully saturated rings. The fourth-order valence-corrected chi connectivity index (χ4v) is 2.64. The van der Waals surface area contributed by atoms with Gasteiger partial charge in [0, 0.05) is 5.70 Å². The van der Waals surface area contributed by atoms with Crippen molar-refractivity contribution in [1.82, 2.24) is 5.32 Å². The van der Waals surface area contributed by atoms with E-state index in [1.165, 1.54) is 55.3 Å². The van der Waals surface area contributed by atoms with Crippen molar-refractivity contribution in [1.29, 1.82) is 0 Å². The number of hydrogen-bond acceptors (Lipinski definition) is 1. The van der Waals surface area contributed by atoms with Gasteiger partial charge in [0.1, 0.15) is 0 Å². The first-order valence-electron chi connectivity index (χ1n) is 7.41. The van der Waals surface area contributed by atoms with E-state index in [4.69, 9.17) is 0 Å². The molecule has 1 N–H and O–H groups in total. The molecule has 0 spiro atoms. The monoisotopic (exact) mass is 243 g/mol. The quantitative estimate of drug-likeness (QED) is 0.737. The molecule has 0 amide bonds. The number of benzene rings is 1. The third kappa shape index (κ3) is 3.16. The highest BCUT2D eigenvalue weighted by Gasteiger charge is 2.18. The van der Waals surface area contributed by atoms with Crippen molar-refractivity contribution in [2.45, 2.75) is 58.4 Å². The number of allylic oxidation sites excluding steroid dienone is 1. The topological polar surface area (TPSA) is 12.0 Å². The molecule has 1 aliphatic heterocycles. The van der Waals surface area contributed by atoms with Crippen molar-refractivity contribution < 1.29 is 0 Å². The summed E-state index contributed by atoms with van der Waals surface area (Å²) in [7, 11) is 0. The minimum Gasteiger partial charge on any atom is -0.381 e. The van der Waals surface area contributed by atoms with E-state index < -0.39 is 0 Å². The van der Waals surface area contributed by atoms with Gasteiger partial charge in [-0.1, -0.05) is 57.4 Å². The van der Waals surface area contributed by atoms with E-state index >= 15 is 0 Å². The zero-order valence-electron chi connectivity index (χ0n) is 11.7. The molecule has 0 bridgehead atoms. The largest absolute Gasteiger partial charge is 0.381 e. The predicted octanol–water partition coefficient (Wildman–Crippen LogP) is 5.05. The maximum absolute atomic E-state index is 3.74. The van der Waals surface area contributed by atoms with Crippen LogP contribution < -0.4 is 5.32 Å². The lowest BCUT2D eigenvalue weighted by Gasteiger charge is -2.28. The molecule has 1 aromatic carbocycles. The Kier molecular flexibility index (Phi) is 4.86. The van der Waals surface area contributed by atoms with Crippen LogP contribution in [0.1, 0.15) is 69.5 Å². The van der Waals surface area contributed by atoms with Gasteiger partial charge in [0.25, 0.3) is 0 Å². The van der Waals surface area contributed by atoms with Crippen LogP contribution >= 0.6 is 0 Å². The second kappa shape index (κ2) is 6.63. The number of unbranched alkanes of at least 4 members (excludes halogenated alkanes) is 2. The molecule has 2 rings (SSSR count). The minimum absolute atomic E-state index is 0.526. The van der Waals surface area contributed by atoms with Gasteiger partial charge in [-0.3, -0.25) is 0 Å². The maximum atomic E-state index is 3.74. The fourth-order valence-electron chi connectivity index (χ4n) is 2.64. The van der Waals surface area contributed by atoms with Crippen LogP contribution in [0.4, 0.5) is 0 Å². The van der Waals surface area contributed by atoms with E-state index in [2.05, 4.69) is 49.5 Å². The Balaban J connectivity index is 2.16. The van der Waals surface area contributed by atoms with Crippen molar-refractivity contribution in [2.75, 3.05) is 0 Å². The summed E-state index contributed by atoms with van der Waals surface area (Å²) in [5, 5.41) is 3.74. The Bertz CT molecular complexity index is 406. The molecule has 1 aromatic rings. The van der Waals surface area contributed by atoms with E-state index in [1.807, 2.05) is 0 Å². The Morgan fingerprint density at radius 2 is 1.83 bits per heavy atom. The third-order valence-corrected chi connectivity index (χ3v) is 3.71. The van der Waals surface area contributed by atoms with Crippen LogP contribution in [0.3, 0.4) is 0 Å². The van der Waals surface area contributed by atoms with Crippen molar-refractivity contribution in [3.05, 3.63) is 41.1 Å². The van der Waals surface area contributed by atoms with E-state index in [0.717, 1.165) is 0 Å². The third-order valence-electron chi connectivity index (χ3n) is 3.71. The van der Waals surface area contributed by atoms with Gasteiger partial charge in [0.15, 0.2) is 0 Å². The van der Waals surface area contributed by atoms with Crippen LogP contribution in [0, 0.1) is 0 Å². The number of fused-ring (bicyclic) bond motifs is 1. The molecule has 98 valence electrons. The summed E-state index contributed by atoms with van der Waals surface area (Å²) in [6.07, 6.45) is 9.89. The normalized spacial score (nSPS) is 17.9. The van der Waals surface area contributed by atoms with E-state index in [0.29, 0.717) is 6.04 Å². The molecule has 1 heteroatoms. The summed E-state index contributed by atoms with van der Waals surface area (Å²) in [5.41, 5.74) is 4.33. The van der Waals surface area contributed by atoms with Gasteiger partial charge in [-0.05, 0) is 36.5 Å². The first-order chi connectivity index (χ1) is 8.85. The van der Waals surface area contributed by atoms with Crippen molar-refractivity contribution in [3.8, 4) is 0 Å². The number of hydrogen-bond donors (Lipinski definition) is 1. The summed E-state index contributed by atoms with van der Waals surface area (Å²) in [6, 6.07) is 9.36. The molecule has 0 saturated heterocycles. The van der Waals surface area contributed by atoms with Crippen molar-refractivity contribution >= 4 is 6.08 Å². The first kappa shape index (κ1) is 13.2. The average molecular weight is 243 g/mol. The molecular weight excluding hydrogens is 218 g/mol. The zero-order valence-corrected chi connectivity index (χ0v) is 11.7. The van der Waals surface area contributed by atoms with Gasteiger partial charge >= 0.3 is 0 Å². The predicted molar refractivity (Wildman–Crippen MR) is 79.3 cm³/mol. The highest BCUT2D eigenvalue weighted by molar-refractivity contribution is 5.60. The molecule has 1 atom stereocenters. The Morgan fingerprint density at radius 1 is 1.06 bits per heavy atom. The first-order valence-corrected chi connectivity index (χ1v) is 7.41. The second-order valence-electron chi connectivity index (χ2n) is 5.24. The van der Waals surface area contributed by atoms with E-state index in [9.17, 15) is 0 Å². The molecule has 0 aliphatic carbocycles. The van der Waals surface area contributed by atoms with Crippen LogP contribution in [0.5, 0.6) is 0 Å². The highest BCUT2D eigenvalue weighted by Crippen LogP contribution is 2.30. The molecular formula is C17H25N. The molecule has 1 nitrogen and oxygen atoms in total. The Morgan fingerprint density at radius 3 is 2.61 bits per heavy atom. The van der Waals surface area contributed by atoms with Gasteiger partial charge in [-0.15, -0.1) is 0 Å². The lowest BCUT2D eigenvalue weighted by atomic mass is 9.91. The molecule has 0 saturated carbocycles. The lowest BCUT2D eigenvalue weighted by Crippen LogP contribution is -2.24. The van der Waals surface area contributed by atoms with E-state index in [-0.39, 0.29) is 0 Å². The molecule has 18 heavy (non-hydrogen) atoms. The van der Waals surface area contributed by atoms with Crippen molar-refractivity contribution in [2.24, 2.45) is 0 Å². The van der Waals surface area contributed by atoms with Crippen LogP contribution in [-0.2, 0) is 0 Å². The summed E-state index contributed by atoms with van der Waals surface area (Å²) in [6.45, 7) is 4.52. The molecule has 0 radical (unpaired) electrons. The standard InChI is InChI=1S/C17H25N/c1-3-5-10-15-13-14-9-7-8-11-16(14)17(18-15)12-6-4-2/h7-9,11,13,17-18H,3-6,10,12H2,1-2H3. The number of rotatable bonds is 6. The summed E-state index contributed by atoms with van der Waals surface area (Å²) in [5.74, 6) is 0. The average Bonchev–Trinajstić information content (AvgIpc) is 2.42. The van der Waals surface area contributed by atoms with Gasteiger partial charge < -0.3 is 5.32 Å². The van der Waals surface area contributed by atoms with E-state index in [1.54, 1.807) is 0 Å². The smallest absolute Gasteiger partial charge is 0.0516 e.